The highest BCUT2D eigenvalue weighted by atomic mass is 15.2. The third-order valence-corrected chi connectivity index (χ3v) is 6.32. The second kappa shape index (κ2) is 6.36. The summed E-state index contributed by atoms with van der Waals surface area (Å²) in [7, 11) is 0. The molecule has 3 aliphatic rings. The van der Waals surface area contributed by atoms with E-state index in [-0.39, 0.29) is 0 Å². The van der Waals surface area contributed by atoms with E-state index in [2.05, 4.69) is 24.1 Å². The number of fused-ring (bicyclic) bond motifs is 2. The normalized spacial score (nSPS) is 41.4. The molecule has 2 saturated carbocycles. The first-order chi connectivity index (χ1) is 9.71. The first-order valence-electron chi connectivity index (χ1n) is 9.15. The van der Waals surface area contributed by atoms with Crippen molar-refractivity contribution < 1.29 is 0 Å². The van der Waals surface area contributed by atoms with Crippen LogP contribution in [0.3, 0.4) is 0 Å². The van der Waals surface area contributed by atoms with Gasteiger partial charge in [-0.3, -0.25) is 4.90 Å². The molecular weight excluding hydrogens is 244 g/mol. The van der Waals surface area contributed by atoms with Gasteiger partial charge < -0.3 is 5.32 Å². The van der Waals surface area contributed by atoms with Gasteiger partial charge in [0.25, 0.3) is 0 Å². The summed E-state index contributed by atoms with van der Waals surface area (Å²) in [6.07, 6.45) is 11.6. The van der Waals surface area contributed by atoms with Crippen LogP contribution in [0.2, 0.25) is 0 Å². The Labute approximate surface area is 125 Å². The maximum atomic E-state index is 3.75. The molecule has 2 bridgehead atoms. The van der Waals surface area contributed by atoms with Crippen LogP contribution in [-0.4, -0.2) is 37.1 Å². The zero-order chi connectivity index (χ0) is 14.0. The Hall–Kier alpha value is -0.0800. The predicted molar refractivity (Wildman–Crippen MR) is 85.9 cm³/mol. The van der Waals surface area contributed by atoms with E-state index in [0.717, 1.165) is 17.9 Å². The van der Waals surface area contributed by atoms with Gasteiger partial charge in [-0.15, -0.1) is 0 Å². The van der Waals surface area contributed by atoms with Gasteiger partial charge in [0.05, 0.1) is 0 Å². The molecule has 1 aliphatic heterocycles. The number of rotatable bonds is 6. The topological polar surface area (TPSA) is 15.3 Å². The second-order valence-electron chi connectivity index (χ2n) is 8.12. The quantitative estimate of drug-likeness (QED) is 0.746. The van der Waals surface area contributed by atoms with Crippen molar-refractivity contribution in [3.05, 3.63) is 0 Å². The van der Waals surface area contributed by atoms with Crippen molar-refractivity contribution in [1.82, 2.24) is 10.2 Å². The summed E-state index contributed by atoms with van der Waals surface area (Å²) in [5.74, 6) is 2.01. The van der Waals surface area contributed by atoms with Crippen LogP contribution in [0.1, 0.15) is 65.2 Å². The molecular formula is C18H34N2. The minimum Gasteiger partial charge on any atom is -0.316 e. The zero-order valence-corrected chi connectivity index (χ0v) is 13.7. The first-order valence-corrected chi connectivity index (χ1v) is 9.15. The first kappa shape index (κ1) is 14.8. The molecule has 0 spiro atoms. The predicted octanol–water partition coefficient (Wildman–Crippen LogP) is 3.67. The number of nitrogens with zero attached hydrogens (tertiary/aromatic N) is 1. The summed E-state index contributed by atoms with van der Waals surface area (Å²) in [5, 5.41) is 3.75. The van der Waals surface area contributed by atoms with E-state index in [1.54, 1.807) is 0 Å². The van der Waals surface area contributed by atoms with Gasteiger partial charge in [-0.05, 0) is 62.3 Å². The van der Waals surface area contributed by atoms with Gasteiger partial charge in [0.1, 0.15) is 0 Å². The van der Waals surface area contributed by atoms with Gasteiger partial charge >= 0.3 is 0 Å². The van der Waals surface area contributed by atoms with Crippen molar-refractivity contribution in [1.29, 1.82) is 0 Å². The maximum Gasteiger partial charge on any atom is 0.00988 e. The summed E-state index contributed by atoms with van der Waals surface area (Å²) < 4.78 is 0. The average molecular weight is 278 g/mol. The molecule has 2 unspecified atom stereocenters. The van der Waals surface area contributed by atoms with Gasteiger partial charge in [-0.1, -0.05) is 26.7 Å². The minimum atomic E-state index is 0.589. The Balaban J connectivity index is 1.59. The van der Waals surface area contributed by atoms with Gasteiger partial charge in [0, 0.05) is 25.7 Å². The molecule has 0 amide bonds. The van der Waals surface area contributed by atoms with Gasteiger partial charge in [-0.25, -0.2) is 0 Å². The van der Waals surface area contributed by atoms with Crippen LogP contribution in [-0.2, 0) is 0 Å². The fraction of sp³-hybridized carbons (Fsp3) is 1.00. The van der Waals surface area contributed by atoms with Crippen LogP contribution < -0.4 is 5.32 Å². The number of nitrogens with one attached hydrogen (secondary N) is 1. The van der Waals surface area contributed by atoms with Crippen LogP contribution in [0.4, 0.5) is 0 Å². The van der Waals surface area contributed by atoms with Crippen molar-refractivity contribution in [3.63, 3.8) is 0 Å². The number of hydrogen-bond acceptors (Lipinski definition) is 2. The molecule has 2 nitrogen and oxygen atoms in total. The molecule has 2 aliphatic carbocycles. The lowest BCUT2D eigenvalue weighted by atomic mass is 9.70. The largest absolute Gasteiger partial charge is 0.316 e. The lowest BCUT2D eigenvalue weighted by Crippen LogP contribution is -2.48. The fourth-order valence-electron chi connectivity index (χ4n) is 4.95. The third kappa shape index (κ3) is 3.22. The summed E-state index contributed by atoms with van der Waals surface area (Å²) in [5.41, 5.74) is 0.589. The van der Waals surface area contributed by atoms with Crippen LogP contribution in [0.25, 0.3) is 0 Å². The van der Waals surface area contributed by atoms with E-state index in [0.29, 0.717) is 5.41 Å². The van der Waals surface area contributed by atoms with E-state index in [1.165, 1.54) is 77.5 Å². The van der Waals surface area contributed by atoms with Crippen LogP contribution >= 0.6 is 0 Å². The molecule has 1 heterocycles. The van der Waals surface area contributed by atoms with Crippen LogP contribution in [0.5, 0.6) is 0 Å². The van der Waals surface area contributed by atoms with E-state index in [4.69, 9.17) is 0 Å². The number of hydrogen-bond donors (Lipinski definition) is 1. The van der Waals surface area contributed by atoms with Crippen molar-refractivity contribution in [2.75, 3.05) is 26.2 Å². The molecule has 0 aromatic heterocycles. The van der Waals surface area contributed by atoms with Crippen LogP contribution in [0.15, 0.2) is 0 Å². The summed E-state index contributed by atoms with van der Waals surface area (Å²) in [6, 6.07) is 0.947. The van der Waals surface area contributed by atoms with E-state index < -0.39 is 0 Å². The van der Waals surface area contributed by atoms with E-state index in [1.807, 2.05) is 0 Å². The lowest BCUT2D eigenvalue weighted by molar-refractivity contribution is 0.0701. The van der Waals surface area contributed by atoms with Crippen molar-refractivity contribution >= 4 is 0 Å². The Morgan fingerprint density at radius 2 is 1.95 bits per heavy atom. The number of likely N-dealkylation sites (tertiary alicyclic amines) is 1. The summed E-state index contributed by atoms with van der Waals surface area (Å²) >= 11 is 0. The Kier molecular flexibility index (Phi) is 4.72. The molecule has 2 atom stereocenters. The molecule has 3 rings (SSSR count). The minimum absolute atomic E-state index is 0.589. The van der Waals surface area contributed by atoms with Gasteiger partial charge in [0.15, 0.2) is 0 Å². The monoisotopic (exact) mass is 278 g/mol. The molecule has 2 heteroatoms. The van der Waals surface area contributed by atoms with Gasteiger partial charge in [-0.2, -0.15) is 0 Å². The fourth-order valence-corrected chi connectivity index (χ4v) is 4.95. The van der Waals surface area contributed by atoms with E-state index >= 15 is 0 Å². The smallest absolute Gasteiger partial charge is 0.00988 e. The Bertz CT molecular complexity index is 307. The van der Waals surface area contributed by atoms with Crippen molar-refractivity contribution in [2.24, 2.45) is 17.3 Å². The third-order valence-electron chi connectivity index (χ3n) is 6.32. The highest BCUT2D eigenvalue weighted by Gasteiger charge is 2.43. The summed E-state index contributed by atoms with van der Waals surface area (Å²) in [6.45, 7) is 9.99. The molecule has 1 N–H and O–H groups in total. The second-order valence-corrected chi connectivity index (χ2v) is 8.12. The van der Waals surface area contributed by atoms with Crippen molar-refractivity contribution in [3.8, 4) is 0 Å². The molecule has 0 radical (unpaired) electrons. The standard InChI is InChI=1S/C18H34N2/c1-3-10-19-13-18(8-6-15(2)7-9-18)14-20-12-16-4-5-17(20)11-16/h15-17,19H,3-14H2,1-2H3. The average Bonchev–Trinajstić information content (AvgIpc) is 3.05. The van der Waals surface area contributed by atoms with Crippen molar-refractivity contribution in [2.45, 2.75) is 71.3 Å². The highest BCUT2D eigenvalue weighted by molar-refractivity contribution is 4.97. The molecule has 0 aromatic carbocycles. The van der Waals surface area contributed by atoms with Crippen LogP contribution in [0, 0.1) is 17.3 Å². The molecule has 20 heavy (non-hydrogen) atoms. The zero-order valence-electron chi connectivity index (χ0n) is 13.7. The highest BCUT2D eigenvalue weighted by Crippen LogP contribution is 2.44. The maximum absolute atomic E-state index is 3.75. The molecule has 116 valence electrons. The molecule has 1 saturated heterocycles. The summed E-state index contributed by atoms with van der Waals surface area (Å²) in [4.78, 5) is 2.87. The molecule has 0 aromatic rings. The lowest BCUT2D eigenvalue weighted by Gasteiger charge is -2.44. The number of piperidine rings is 1. The Morgan fingerprint density at radius 3 is 2.55 bits per heavy atom. The van der Waals surface area contributed by atoms with Gasteiger partial charge in [0.2, 0.25) is 0 Å². The Morgan fingerprint density at radius 1 is 1.15 bits per heavy atom. The molecule has 3 fully saturated rings. The SMILES string of the molecule is CCCNCC1(CN2CC3CCC2C3)CCC(C)CC1. The van der Waals surface area contributed by atoms with E-state index in [9.17, 15) is 0 Å².